The predicted molar refractivity (Wildman–Crippen MR) is 69.5 cm³/mol. The molecule has 1 unspecified atom stereocenters. The molecule has 0 amide bonds. The normalized spacial score (nSPS) is 13.2. The van der Waals surface area contributed by atoms with Crippen LogP contribution in [0.25, 0.3) is 0 Å². The van der Waals surface area contributed by atoms with Crippen molar-refractivity contribution in [1.82, 2.24) is 10.4 Å². The number of aryl methyl sites for hydroxylation is 1. The van der Waals surface area contributed by atoms with Crippen LogP contribution < -0.4 is 11.3 Å². The molecule has 2 rings (SSSR count). The van der Waals surface area contributed by atoms with Crippen LogP contribution in [-0.2, 0) is 6.18 Å². The van der Waals surface area contributed by atoms with Crippen molar-refractivity contribution in [3.05, 3.63) is 64.7 Å². The van der Waals surface area contributed by atoms with Gasteiger partial charge in [-0.25, -0.2) is 9.82 Å². The Hall–Kier alpha value is -1.99. The van der Waals surface area contributed by atoms with E-state index in [0.717, 1.165) is 17.7 Å². The average molecular weight is 299 g/mol. The number of benzene rings is 1. The molecule has 0 radical (unpaired) electrons. The third kappa shape index (κ3) is 3.20. The molecule has 0 aliphatic rings. The van der Waals surface area contributed by atoms with Gasteiger partial charge in [0.1, 0.15) is 5.82 Å². The van der Waals surface area contributed by atoms with E-state index in [-0.39, 0.29) is 5.56 Å². The van der Waals surface area contributed by atoms with Gasteiger partial charge in [-0.3, -0.25) is 10.8 Å². The standard InChI is InChI=1S/C14H13F4N3/c1-8-4-5-20-7-10(8)13(21-19)9-2-3-12(15)11(6-9)14(16,17)18/h2-7,13,21H,19H2,1H3. The molecule has 21 heavy (non-hydrogen) atoms. The van der Waals surface area contributed by atoms with Crippen molar-refractivity contribution in [3.8, 4) is 0 Å². The third-order valence-corrected chi connectivity index (χ3v) is 3.19. The van der Waals surface area contributed by atoms with Crippen LogP contribution >= 0.6 is 0 Å². The minimum absolute atomic E-state index is 0.210. The number of halogens is 4. The zero-order valence-corrected chi connectivity index (χ0v) is 11.1. The second kappa shape index (κ2) is 5.79. The number of nitrogens with zero attached hydrogens (tertiary/aromatic N) is 1. The van der Waals surface area contributed by atoms with Crippen molar-refractivity contribution in [1.29, 1.82) is 0 Å². The number of nitrogens with two attached hydrogens (primary N) is 1. The zero-order valence-electron chi connectivity index (χ0n) is 11.1. The lowest BCUT2D eigenvalue weighted by molar-refractivity contribution is -0.140. The lowest BCUT2D eigenvalue weighted by atomic mass is 9.95. The van der Waals surface area contributed by atoms with Crippen LogP contribution in [0.3, 0.4) is 0 Å². The summed E-state index contributed by atoms with van der Waals surface area (Å²) >= 11 is 0. The lowest BCUT2D eigenvalue weighted by Crippen LogP contribution is -2.29. The minimum atomic E-state index is -4.76. The van der Waals surface area contributed by atoms with Crippen LogP contribution in [0.1, 0.15) is 28.3 Å². The number of pyridine rings is 1. The number of hydrogen-bond donors (Lipinski definition) is 2. The number of rotatable bonds is 3. The van der Waals surface area contributed by atoms with E-state index in [9.17, 15) is 17.6 Å². The first kappa shape index (κ1) is 15.4. The fourth-order valence-corrected chi connectivity index (χ4v) is 2.08. The van der Waals surface area contributed by atoms with Gasteiger partial charge in [-0.2, -0.15) is 13.2 Å². The van der Waals surface area contributed by atoms with Crippen LogP contribution in [0.15, 0.2) is 36.7 Å². The maximum atomic E-state index is 13.3. The average Bonchev–Trinajstić information content (AvgIpc) is 2.42. The molecular weight excluding hydrogens is 286 g/mol. The summed E-state index contributed by atoms with van der Waals surface area (Å²) in [6.45, 7) is 1.79. The Morgan fingerprint density at radius 1 is 1.24 bits per heavy atom. The summed E-state index contributed by atoms with van der Waals surface area (Å²) in [5.74, 6) is 4.14. The predicted octanol–water partition coefficient (Wildman–Crippen LogP) is 3.10. The highest BCUT2D eigenvalue weighted by Crippen LogP contribution is 2.34. The van der Waals surface area contributed by atoms with E-state index < -0.39 is 23.6 Å². The molecule has 0 bridgehead atoms. The molecule has 0 fully saturated rings. The van der Waals surface area contributed by atoms with Crippen molar-refractivity contribution in [2.75, 3.05) is 0 Å². The van der Waals surface area contributed by atoms with Gasteiger partial charge >= 0.3 is 6.18 Å². The summed E-state index contributed by atoms with van der Waals surface area (Å²) in [4.78, 5) is 3.94. The third-order valence-electron chi connectivity index (χ3n) is 3.19. The number of aromatic nitrogens is 1. The Morgan fingerprint density at radius 2 is 1.95 bits per heavy atom. The SMILES string of the molecule is Cc1ccncc1C(NN)c1ccc(F)c(C(F)(F)F)c1. The van der Waals surface area contributed by atoms with Crippen LogP contribution in [0, 0.1) is 12.7 Å². The van der Waals surface area contributed by atoms with Crippen molar-refractivity contribution < 1.29 is 17.6 Å². The summed E-state index contributed by atoms with van der Waals surface area (Å²) in [6, 6.07) is 3.82. The first-order valence-corrected chi connectivity index (χ1v) is 6.08. The molecule has 1 atom stereocenters. The molecule has 2 aromatic rings. The molecule has 0 aliphatic carbocycles. The zero-order chi connectivity index (χ0) is 15.6. The number of hydrogen-bond acceptors (Lipinski definition) is 3. The molecule has 0 aliphatic heterocycles. The molecule has 0 saturated heterocycles. The van der Waals surface area contributed by atoms with E-state index in [1.54, 1.807) is 19.2 Å². The fraction of sp³-hybridized carbons (Fsp3) is 0.214. The van der Waals surface area contributed by atoms with Crippen molar-refractivity contribution in [3.63, 3.8) is 0 Å². The molecule has 3 nitrogen and oxygen atoms in total. The summed E-state index contributed by atoms with van der Waals surface area (Å²) < 4.78 is 51.7. The molecule has 7 heteroatoms. The van der Waals surface area contributed by atoms with Crippen molar-refractivity contribution in [2.24, 2.45) is 5.84 Å². The van der Waals surface area contributed by atoms with Crippen LogP contribution in [-0.4, -0.2) is 4.98 Å². The second-order valence-corrected chi connectivity index (χ2v) is 4.57. The van der Waals surface area contributed by atoms with Crippen LogP contribution in [0.5, 0.6) is 0 Å². The first-order valence-electron chi connectivity index (χ1n) is 6.08. The Morgan fingerprint density at radius 3 is 2.52 bits per heavy atom. The molecule has 3 N–H and O–H groups in total. The van der Waals surface area contributed by atoms with Crippen LogP contribution in [0.4, 0.5) is 17.6 Å². The first-order chi connectivity index (χ1) is 9.84. The van der Waals surface area contributed by atoms with Gasteiger partial charge in [-0.15, -0.1) is 0 Å². The van der Waals surface area contributed by atoms with Crippen molar-refractivity contribution in [2.45, 2.75) is 19.1 Å². The minimum Gasteiger partial charge on any atom is -0.271 e. The van der Waals surface area contributed by atoms with Gasteiger partial charge in [0.05, 0.1) is 11.6 Å². The Kier molecular flexibility index (Phi) is 4.24. The maximum absolute atomic E-state index is 13.3. The molecule has 1 heterocycles. The van der Waals surface area contributed by atoms with E-state index in [0.29, 0.717) is 5.56 Å². The molecular formula is C14H13F4N3. The lowest BCUT2D eigenvalue weighted by Gasteiger charge is -2.20. The van der Waals surface area contributed by atoms with Crippen molar-refractivity contribution >= 4 is 0 Å². The van der Waals surface area contributed by atoms with Gasteiger partial charge in [0.2, 0.25) is 0 Å². The fourth-order valence-electron chi connectivity index (χ4n) is 2.08. The molecule has 112 valence electrons. The van der Waals surface area contributed by atoms with Gasteiger partial charge in [-0.05, 0) is 41.8 Å². The highest BCUT2D eigenvalue weighted by Gasteiger charge is 2.34. The van der Waals surface area contributed by atoms with E-state index >= 15 is 0 Å². The van der Waals surface area contributed by atoms with Gasteiger partial charge in [0, 0.05) is 12.4 Å². The monoisotopic (exact) mass is 299 g/mol. The van der Waals surface area contributed by atoms with Gasteiger partial charge in [0.25, 0.3) is 0 Å². The molecule has 1 aromatic heterocycles. The van der Waals surface area contributed by atoms with Crippen LogP contribution in [0.2, 0.25) is 0 Å². The quantitative estimate of drug-likeness (QED) is 0.520. The number of hydrazine groups is 1. The van der Waals surface area contributed by atoms with Gasteiger partial charge in [-0.1, -0.05) is 6.07 Å². The number of alkyl halides is 3. The van der Waals surface area contributed by atoms with E-state index in [4.69, 9.17) is 5.84 Å². The largest absolute Gasteiger partial charge is 0.419 e. The molecule has 0 saturated carbocycles. The summed E-state index contributed by atoms with van der Waals surface area (Å²) in [7, 11) is 0. The van der Waals surface area contributed by atoms with Gasteiger partial charge < -0.3 is 0 Å². The summed E-state index contributed by atoms with van der Waals surface area (Å²) in [6.07, 6.45) is -1.68. The maximum Gasteiger partial charge on any atom is 0.419 e. The number of nitrogens with one attached hydrogen (secondary N) is 1. The summed E-state index contributed by atoms with van der Waals surface area (Å²) in [5.41, 5.74) is 2.77. The van der Waals surface area contributed by atoms with Gasteiger partial charge in [0.15, 0.2) is 0 Å². The van der Waals surface area contributed by atoms with E-state index in [1.165, 1.54) is 12.3 Å². The molecule has 1 aromatic carbocycles. The highest BCUT2D eigenvalue weighted by molar-refractivity contribution is 5.37. The smallest absolute Gasteiger partial charge is 0.271 e. The highest BCUT2D eigenvalue weighted by atomic mass is 19.4. The second-order valence-electron chi connectivity index (χ2n) is 4.57. The Bertz CT molecular complexity index is 640. The summed E-state index contributed by atoms with van der Waals surface area (Å²) in [5, 5.41) is 0. The Balaban J connectivity index is 2.52. The topological polar surface area (TPSA) is 50.9 Å². The van der Waals surface area contributed by atoms with E-state index in [2.05, 4.69) is 10.4 Å². The molecule has 0 spiro atoms. The Labute approximate surface area is 118 Å². The van der Waals surface area contributed by atoms with E-state index in [1.807, 2.05) is 0 Å².